The number of nitrogens with two attached hydrogens (primary N) is 1. The van der Waals surface area contributed by atoms with Crippen LogP contribution in [0.1, 0.15) is 40.2 Å². The lowest BCUT2D eigenvalue weighted by molar-refractivity contribution is -0.181. The van der Waals surface area contributed by atoms with Crippen molar-refractivity contribution in [2.45, 2.75) is 52.2 Å². The van der Waals surface area contributed by atoms with E-state index in [4.69, 9.17) is 15.2 Å². The van der Waals surface area contributed by atoms with Crippen LogP contribution >= 0.6 is 0 Å². The fraction of sp³-hybridized carbons (Fsp3) is 0.500. The standard InChI is InChI=1S/C16H23NO4/c1-15(2,3)20-13(18)14(19)21-16(4,5)10-11-8-6-7-9-12(11)17/h6-9H,10,17H2,1-5H3. The molecule has 0 saturated heterocycles. The Morgan fingerprint density at radius 1 is 1.00 bits per heavy atom. The Bertz CT molecular complexity index is 529. The van der Waals surface area contributed by atoms with Gasteiger partial charge in [0.15, 0.2) is 0 Å². The lowest BCUT2D eigenvalue weighted by atomic mass is 9.97. The van der Waals surface area contributed by atoms with Crippen LogP contribution in [-0.2, 0) is 25.5 Å². The molecule has 0 aliphatic heterocycles. The third-order valence-electron chi connectivity index (χ3n) is 2.61. The number of carbonyl (C=O) groups excluding carboxylic acids is 2. The van der Waals surface area contributed by atoms with Gasteiger partial charge in [0.2, 0.25) is 0 Å². The molecule has 0 spiro atoms. The van der Waals surface area contributed by atoms with Crippen LogP contribution in [-0.4, -0.2) is 23.1 Å². The average Bonchev–Trinajstić information content (AvgIpc) is 2.29. The van der Waals surface area contributed by atoms with Crippen LogP contribution in [0.4, 0.5) is 5.69 Å². The molecule has 0 heterocycles. The van der Waals surface area contributed by atoms with Crippen molar-refractivity contribution in [2.75, 3.05) is 5.73 Å². The molecule has 0 aromatic heterocycles. The van der Waals surface area contributed by atoms with Gasteiger partial charge in [-0.1, -0.05) is 18.2 Å². The zero-order valence-electron chi connectivity index (χ0n) is 13.2. The molecule has 116 valence electrons. The van der Waals surface area contributed by atoms with Crippen LogP contribution < -0.4 is 5.73 Å². The highest BCUT2D eigenvalue weighted by Crippen LogP contribution is 2.22. The van der Waals surface area contributed by atoms with Crippen LogP contribution in [0.2, 0.25) is 0 Å². The van der Waals surface area contributed by atoms with Crippen molar-refractivity contribution in [3.05, 3.63) is 29.8 Å². The van der Waals surface area contributed by atoms with Crippen LogP contribution in [0.5, 0.6) is 0 Å². The average molecular weight is 293 g/mol. The second kappa shape index (κ2) is 6.16. The van der Waals surface area contributed by atoms with Gasteiger partial charge in [-0.15, -0.1) is 0 Å². The van der Waals surface area contributed by atoms with E-state index in [1.807, 2.05) is 18.2 Å². The summed E-state index contributed by atoms with van der Waals surface area (Å²) >= 11 is 0. The number of hydrogen-bond donors (Lipinski definition) is 1. The second-order valence-electron chi connectivity index (χ2n) is 6.53. The van der Waals surface area contributed by atoms with Gasteiger partial charge in [0.25, 0.3) is 0 Å². The van der Waals surface area contributed by atoms with Crippen molar-refractivity contribution in [3.63, 3.8) is 0 Å². The van der Waals surface area contributed by atoms with Crippen LogP contribution in [0.25, 0.3) is 0 Å². The number of hydrogen-bond acceptors (Lipinski definition) is 5. The minimum Gasteiger partial charge on any atom is -0.452 e. The number of esters is 2. The van der Waals surface area contributed by atoms with Crippen molar-refractivity contribution in [1.29, 1.82) is 0 Å². The predicted molar refractivity (Wildman–Crippen MR) is 80.6 cm³/mol. The molecule has 0 aliphatic rings. The van der Waals surface area contributed by atoms with Crippen LogP contribution in [0.15, 0.2) is 24.3 Å². The topological polar surface area (TPSA) is 78.6 Å². The maximum atomic E-state index is 11.8. The van der Waals surface area contributed by atoms with Crippen molar-refractivity contribution in [1.82, 2.24) is 0 Å². The molecule has 0 unspecified atom stereocenters. The summed E-state index contributed by atoms with van der Waals surface area (Å²) < 4.78 is 10.2. The molecule has 2 N–H and O–H groups in total. The number of benzene rings is 1. The molecule has 0 fully saturated rings. The Morgan fingerprint density at radius 2 is 1.52 bits per heavy atom. The summed E-state index contributed by atoms with van der Waals surface area (Å²) in [6.45, 7) is 8.51. The number of ether oxygens (including phenoxy) is 2. The van der Waals surface area contributed by atoms with Crippen LogP contribution in [0, 0.1) is 0 Å². The minimum atomic E-state index is -0.996. The first-order valence-electron chi connectivity index (χ1n) is 6.80. The van der Waals surface area contributed by atoms with Gasteiger partial charge in [-0.2, -0.15) is 0 Å². The Labute approximate surface area is 125 Å². The predicted octanol–water partition coefficient (Wildman–Crippen LogP) is 2.47. The first-order valence-corrected chi connectivity index (χ1v) is 6.80. The molecule has 0 amide bonds. The van der Waals surface area contributed by atoms with Crippen molar-refractivity contribution >= 4 is 17.6 Å². The second-order valence-corrected chi connectivity index (χ2v) is 6.53. The van der Waals surface area contributed by atoms with Crippen molar-refractivity contribution in [3.8, 4) is 0 Å². The summed E-state index contributed by atoms with van der Waals surface area (Å²) in [5.74, 6) is -1.99. The smallest absolute Gasteiger partial charge is 0.418 e. The highest BCUT2D eigenvalue weighted by atomic mass is 16.6. The van der Waals surface area contributed by atoms with Gasteiger partial charge in [-0.25, -0.2) is 9.59 Å². The third-order valence-corrected chi connectivity index (χ3v) is 2.61. The van der Waals surface area contributed by atoms with Gasteiger partial charge in [0.1, 0.15) is 11.2 Å². The minimum absolute atomic E-state index is 0.411. The molecule has 0 aliphatic carbocycles. The van der Waals surface area contributed by atoms with E-state index in [1.54, 1.807) is 40.7 Å². The Morgan fingerprint density at radius 3 is 2.05 bits per heavy atom. The van der Waals surface area contributed by atoms with E-state index in [0.717, 1.165) is 5.56 Å². The van der Waals surface area contributed by atoms with E-state index in [0.29, 0.717) is 12.1 Å². The van der Waals surface area contributed by atoms with Gasteiger partial charge in [-0.3, -0.25) is 0 Å². The number of rotatable bonds is 3. The summed E-state index contributed by atoms with van der Waals surface area (Å²) in [7, 11) is 0. The fourth-order valence-electron chi connectivity index (χ4n) is 1.80. The lowest BCUT2D eigenvalue weighted by Gasteiger charge is -2.26. The molecule has 0 bridgehead atoms. The fourth-order valence-corrected chi connectivity index (χ4v) is 1.80. The van der Waals surface area contributed by atoms with E-state index >= 15 is 0 Å². The van der Waals surface area contributed by atoms with Gasteiger partial charge in [0, 0.05) is 12.1 Å². The molecule has 1 rings (SSSR count). The molecule has 0 atom stereocenters. The molecule has 21 heavy (non-hydrogen) atoms. The molecule has 1 aromatic rings. The van der Waals surface area contributed by atoms with Crippen molar-refractivity contribution < 1.29 is 19.1 Å². The summed E-state index contributed by atoms with van der Waals surface area (Å²) in [5, 5.41) is 0. The summed E-state index contributed by atoms with van der Waals surface area (Å²) in [6, 6.07) is 7.33. The monoisotopic (exact) mass is 293 g/mol. The van der Waals surface area contributed by atoms with Gasteiger partial charge in [-0.05, 0) is 46.2 Å². The van der Waals surface area contributed by atoms with E-state index in [9.17, 15) is 9.59 Å². The number of nitrogen functional groups attached to an aromatic ring is 1. The highest BCUT2D eigenvalue weighted by Gasteiger charge is 2.31. The van der Waals surface area contributed by atoms with E-state index in [-0.39, 0.29) is 0 Å². The Kier molecular flexibility index (Phi) is 4.99. The molecule has 1 aromatic carbocycles. The summed E-state index contributed by atoms with van der Waals surface area (Å²) in [5.41, 5.74) is 5.76. The molecular weight excluding hydrogens is 270 g/mol. The van der Waals surface area contributed by atoms with Gasteiger partial charge in [0.05, 0.1) is 0 Å². The van der Waals surface area contributed by atoms with E-state index in [1.165, 1.54) is 0 Å². The third kappa shape index (κ3) is 5.85. The zero-order valence-corrected chi connectivity index (χ0v) is 13.2. The van der Waals surface area contributed by atoms with Crippen molar-refractivity contribution in [2.24, 2.45) is 0 Å². The maximum Gasteiger partial charge on any atom is 0.418 e. The highest BCUT2D eigenvalue weighted by molar-refractivity contribution is 6.29. The Balaban J connectivity index is 2.70. The molecule has 5 heteroatoms. The SMILES string of the molecule is CC(C)(C)OC(=O)C(=O)OC(C)(C)Cc1ccccc1N. The molecule has 0 saturated carbocycles. The maximum absolute atomic E-state index is 11.8. The number of anilines is 1. The van der Waals surface area contributed by atoms with Gasteiger partial charge >= 0.3 is 11.9 Å². The first-order chi connectivity index (χ1) is 9.50. The quantitative estimate of drug-likeness (QED) is 0.526. The lowest BCUT2D eigenvalue weighted by Crippen LogP contribution is -2.37. The number of para-hydroxylation sites is 1. The molecular formula is C16H23NO4. The molecule has 0 radical (unpaired) electrons. The molecule has 5 nitrogen and oxygen atoms in total. The van der Waals surface area contributed by atoms with E-state index in [2.05, 4.69) is 0 Å². The number of carbonyl (C=O) groups is 2. The Hall–Kier alpha value is -2.04. The van der Waals surface area contributed by atoms with Gasteiger partial charge < -0.3 is 15.2 Å². The van der Waals surface area contributed by atoms with E-state index < -0.39 is 23.1 Å². The first kappa shape index (κ1) is 17.0. The summed E-state index contributed by atoms with van der Waals surface area (Å²) in [4.78, 5) is 23.4. The largest absolute Gasteiger partial charge is 0.452 e. The zero-order chi connectivity index (χ0) is 16.3. The van der Waals surface area contributed by atoms with Crippen LogP contribution in [0.3, 0.4) is 0 Å². The normalized spacial score (nSPS) is 11.9. The summed E-state index contributed by atoms with van der Waals surface area (Å²) in [6.07, 6.45) is 0.411.